The van der Waals surface area contributed by atoms with Gasteiger partial charge in [-0.25, -0.2) is 0 Å². The van der Waals surface area contributed by atoms with Crippen molar-refractivity contribution in [2.45, 2.75) is 19.1 Å². The zero-order chi connectivity index (χ0) is 11.0. The van der Waals surface area contributed by atoms with E-state index in [9.17, 15) is 4.79 Å². The van der Waals surface area contributed by atoms with Crippen LogP contribution in [0.3, 0.4) is 0 Å². The third-order valence-corrected chi connectivity index (χ3v) is 3.90. The van der Waals surface area contributed by atoms with Crippen LogP contribution in [0.4, 0.5) is 0 Å². The summed E-state index contributed by atoms with van der Waals surface area (Å²) in [6, 6.07) is -0.0144. The Labute approximate surface area is 97.4 Å². The molecular weight excluding hydrogens is 226 g/mol. The number of hydrogen-bond acceptors (Lipinski definition) is 5. The fourth-order valence-electron chi connectivity index (χ4n) is 2.03. The van der Waals surface area contributed by atoms with E-state index in [2.05, 4.69) is 15.5 Å². The lowest BCUT2D eigenvalue weighted by Gasteiger charge is -2.29. The minimum absolute atomic E-state index is 0.0144. The molecule has 3 rings (SSSR count). The molecule has 1 amide bonds. The maximum atomic E-state index is 12.1. The van der Waals surface area contributed by atoms with Gasteiger partial charge in [-0.1, -0.05) is 0 Å². The average molecular weight is 239 g/mol. The smallest absolute Gasteiger partial charge is 0.241 e. The van der Waals surface area contributed by atoms with Crippen LogP contribution >= 0.6 is 11.8 Å². The molecule has 6 nitrogen and oxygen atoms in total. The van der Waals surface area contributed by atoms with E-state index in [4.69, 9.17) is 0 Å². The van der Waals surface area contributed by atoms with Gasteiger partial charge in [-0.2, -0.15) is 0 Å². The number of aromatic nitrogens is 3. The first-order chi connectivity index (χ1) is 7.84. The summed E-state index contributed by atoms with van der Waals surface area (Å²) in [4.78, 5) is 14.0. The first kappa shape index (κ1) is 10.1. The summed E-state index contributed by atoms with van der Waals surface area (Å²) in [6.45, 7) is 2.14. The molecule has 1 atom stereocenters. The third kappa shape index (κ3) is 1.69. The summed E-state index contributed by atoms with van der Waals surface area (Å²) >= 11 is 1.77. The van der Waals surface area contributed by atoms with Gasteiger partial charge >= 0.3 is 0 Å². The van der Waals surface area contributed by atoms with Crippen molar-refractivity contribution in [2.24, 2.45) is 0 Å². The predicted molar refractivity (Wildman–Crippen MR) is 59.7 cm³/mol. The van der Waals surface area contributed by atoms with E-state index in [1.54, 1.807) is 18.1 Å². The molecule has 0 aliphatic carbocycles. The number of amides is 1. The lowest BCUT2D eigenvalue weighted by molar-refractivity contribution is -0.134. The summed E-state index contributed by atoms with van der Waals surface area (Å²) in [5.74, 6) is 2.83. The van der Waals surface area contributed by atoms with Crippen molar-refractivity contribution in [3.8, 4) is 0 Å². The van der Waals surface area contributed by atoms with Gasteiger partial charge in [-0.15, -0.1) is 22.0 Å². The number of nitrogens with zero attached hydrogens (tertiary/aromatic N) is 4. The first-order valence-corrected chi connectivity index (χ1v) is 6.46. The van der Waals surface area contributed by atoms with E-state index in [1.807, 2.05) is 9.47 Å². The molecule has 0 aromatic carbocycles. The summed E-state index contributed by atoms with van der Waals surface area (Å²) in [5, 5.41) is 11.1. The molecule has 1 saturated heterocycles. The topological polar surface area (TPSA) is 63.1 Å². The second-order valence-electron chi connectivity index (χ2n) is 3.97. The van der Waals surface area contributed by atoms with Crippen LogP contribution in [-0.4, -0.2) is 49.8 Å². The molecule has 2 aliphatic rings. The standard InChI is InChI=1S/C9H13N5OS/c15-9(7-4-16-6-10-7)13-1-2-14-5-11-12-8(14)3-13/h5,7,10H,1-4,6H2. The zero-order valence-electron chi connectivity index (χ0n) is 8.80. The highest BCUT2D eigenvalue weighted by Gasteiger charge is 2.29. The summed E-state index contributed by atoms with van der Waals surface area (Å²) < 4.78 is 2.00. The number of fused-ring (bicyclic) bond motifs is 1. The van der Waals surface area contributed by atoms with Gasteiger partial charge in [0.1, 0.15) is 6.33 Å². The van der Waals surface area contributed by atoms with Crippen molar-refractivity contribution in [3.63, 3.8) is 0 Å². The fourth-order valence-corrected chi connectivity index (χ4v) is 2.96. The number of nitrogens with one attached hydrogen (secondary N) is 1. The van der Waals surface area contributed by atoms with Crippen molar-refractivity contribution in [2.75, 3.05) is 18.2 Å². The molecule has 0 bridgehead atoms. The maximum absolute atomic E-state index is 12.1. The molecule has 1 N–H and O–H groups in total. The Bertz CT molecular complexity index is 400. The minimum atomic E-state index is -0.0144. The lowest BCUT2D eigenvalue weighted by Crippen LogP contribution is -2.47. The Morgan fingerprint density at radius 1 is 1.56 bits per heavy atom. The lowest BCUT2D eigenvalue weighted by atomic mass is 10.2. The number of thioether (sulfide) groups is 1. The fraction of sp³-hybridized carbons (Fsp3) is 0.667. The molecule has 1 aromatic heterocycles. The third-order valence-electron chi connectivity index (χ3n) is 2.96. The van der Waals surface area contributed by atoms with E-state index in [1.165, 1.54) is 0 Å². The zero-order valence-corrected chi connectivity index (χ0v) is 9.61. The highest BCUT2D eigenvalue weighted by Crippen LogP contribution is 2.15. The summed E-state index contributed by atoms with van der Waals surface area (Å²) in [7, 11) is 0. The van der Waals surface area contributed by atoms with E-state index < -0.39 is 0 Å². The second-order valence-corrected chi connectivity index (χ2v) is 5.00. The largest absolute Gasteiger partial charge is 0.332 e. The van der Waals surface area contributed by atoms with E-state index in [0.29, 0.717) is 6.54 Å². The predicted octanol–water partition coefficient (Wildman–Crippen LogP) is -0.717. The summed E-state index contributed by atoms with van der Waals surface area (Å²) in [5.41, 5.74) is 0. The molecule has 0 spiro atoms. The van der Waals surface area contributed by atoms with Gasteiger partial charge in [0.15, 0.2) is 5.82 Å². The van der Waals surface area contributed by atoms with Gasteiger partial charge in [-0.05, 0) is 0 Å². The van der Waals surface area contributed by atoms with Gasteiger partial charge in [0.05, 0.1) is 12.6 Å². The SMILES string of the molecule is O=C(C1CSCN1)N1CCn2cnnc2C1. The Hall–Kier alpha value is -1.08. The molecule has 7 heteroatoms. The maximum Gasteiger partial charge on any atom is 0.241 e. The number of carbonyl (C=O) groups excluding carboxylic acids is 1. The second kappa shape index (κ2) is 4.06. The quantitative estimate of drug-likeness (QED) is 0.701. The molecule has 1 fully saturated rings. The molecule has 0 radical (unpaired) electrons. The van der Waals surface area contributed by atoms with Crippen LogP contribution in [0.5, 0.6) is 0 Å². The molecule has 1 unspecified atom stereocenters. The molecule has 3 heterocycles. The van der Waals surface area contributed by atoms with Crippen molar-refractivity contribution < 1.29 is 4.79 Å². The molecular formula is C9H13N5OS. The summed E-state index contributed by atoms with van der Waals surface area (Å²) in [6.07, 6.45) is 1.72. The van der Waals surface area contributed by atoms with Gasteiger partial charge in [0.2, 0.25) is 5.91 Å². The molecule has 2 aliphatic heterocycles. The molecule has 86 valence electrons. The monoisotopic (exact) mass is 239 g/mol. The van der Waals surface area contributed by atoms with Crippen molar-refractivity contribution in [1.29, 1.82) is 0 Å². The average Bonchev–Trinajstić information content (AvgIpc) is 2.98. The van der Waals surface area contributed by atoms with Crippen molar-refractivity contribution in [1.82, 2.24) is 25.0 Å². The highest BCUT2D eigenvalue weighted by atomic mass is 32.2. The Balaban J connectivity index is 1.71. The van der Waals surface area contributed by atoms with Crippen molar-refractivity contribution >= 4 is 17.7 Å². The highest BCUT2D eigenvalue weighted by molar-refractivity contribution is 7.99. The van der Waals surface area contributed by atoms with Crippen LogP contribution in [0.25, 0.3) is 0 Å². The Morgan fingerprint density at radius 3 is 3.31 bits per heavy atom. The van der Waals surface area contributed by atoms with Gasteiger partial charge in [0, 0.05) is 24.7 Å². The Morgan fingerprint density at radius 2 is 2.50 bits per heavy atom. The van der Waals surface area contributed by atoms with Crippen LogP contribution in [0.15, 0.2) is 6.33 Å². The van der Waals surface area contributed by atoms with E-state index in [-0.39, 0.29) is 11.9 Å². The van der Waals surface area contributed by atoms with Crippen molar-refractivity contribution in [3.05, 3.63) is 12.2 Å². The Kier molecular flexibility index (Phi) is 2.56. The van der Waals surface area contributed by atoms with Gasteiger partial charge in [-0.3, -0.25) is 10.1 Å². The minimum Gasteiger partial charge on any atom is -0.332 e. The van der Waals surface area contributed by atoms with E-state index >= 15 is 0 Å². The number of rotatable bonds is 1. The number of hydrogen-bond donors (Lipinski definition) is 1. The van der Waals surface area contributed by atoms with Crippen LogP contribution < -0.4 is 5.32 Å². The van der Waals surface area contributed by atoms with Crippen LogP contribution in [0.1, 0.15) is 5.82 Å². The van der Waals surface area contributed by atoms with Crippen LogP contribution in [0, 0.1) is 0 Å². The first-order valence-electron chi connectivity index (χ1n) is 5.31. The van der Waals surface area contributed by atoms with Crippen LogP contribution in [-0.2, 0) is 17.9 Å². The van der Waals surface area contributed by atoms with Crippen LogP contribution in [0.2, 0.25) is 0 Å². The normalized spacial score (nSPS) is 24.5. The van der Waals surface area contributed by atoms with Gasteiger partial charge < -0.3 is 9.47 Å². The number of carbonyl (C=O) groups is 1. The van der Waals surface area contributed by atoms with E-state index in [0.717, 1.165) is 30.5 Å². The van der Waals surface area contributed by atoms with Gasteiger partial charge in [0.25, 0.3) is 0 Å². The molecule has 0 saturated carbocycles. The molecule has 16 heavy (non-hydrogen) atoms. The molecule has 1 aromatic rings.